The first-order chi connectivity index (χ1) is 12.7. The minimum atomic E-state index is -0.283. The zero-order valence-electron chi connectivity index (χ0n) is 14.6. The maximum Gasteiger partial charge on any atom is 0.350 e. The standard InChI is InChI=1S/C21H18N2O2S/c1-3-25-20(24)19-14(2)23-13-18(22-21(23)26-19)17-11-9-16(10-12-17)15-7-5-4-6-8-15/h4-13H,3H2,1-2H3. The van der Waals surface area contributed by atoms with Gasteiger partial charge in [-0.1, -0.05) is 65.9 Å². The van der Waals surface area contributed by atoms with E-state index in [4.69, 9.17) is 4.74 Å². The molecule has 0 amide bonds. The summed E-state index contributed by atoms with van der Waals surface area (Å²) in [6, 6.07) is 18.7. The SMILES string of the molecule is CCOC(=O)c1sc2nc(-c3ccc(-c4ccccc4)cc3)cn2c1C. The van der Waals surface area contributed by atoms with E-state index < -0.39 is 0 Å². The molecule has 2 aromatic carbocycles. The van der Waals surface area contributed by atoms with Crippen LogP contribution in [0.25, 0.3) is 27.3 Å². The van der Waals surface area contributed by atoms with E-state index in [1.54, 1.807) is 0 Å². The maximum atomic E-state index is 12.0. The highest BCUT2D eigenvalue weighted by Gasteiger charge is 2.18. The zero-order chi connectivity index (χ0) is 18.1. The van der Waals surface area contributed by atoms with Crippen molar-refractivity contribution in [1.82, 2.24) is 9.38 Å². The zero-order valence-corrected chi connectivity index (χ0v) is 15.4. The van der Waals surface area contributed by atoms with E-state index in [1.807, 2.05) is 42.6 Å². The van der Waals surface area contributed by atoms with Crippen LogP contribution in [-0.2, 0) is 4.74 Å². The van der Waals surface area contributed by atoms with Crippen LogP contribution < -0.4 is 0 Å². The summed E-state index contributed by atoms with van der Waals surface area (Å²) in [5.74, 6) is -0.283. The van der Waals surface area contributed by atoms with Crippen LogP contribution in [0.2, 0.25) is 0 Å². The van der Waals surface area contributed by atoms with Crippen LogP contribution in [0.15, 0.2) is 60.8 Å². The number of imidazole rings is 1. The number of thiazole rings is 1. The summed E-state index contributed by atoms with van der Waals surface area (Å²) in [6.07, 6.45) is 1.97. The monoisotopic (exact) mass is 362 g/mol. The Kier molecular flexibility index (Phi) is 4.31. The molecule has 0 aliphatic carbocycles. The van der Waals surface area contributed by atoms with Gasteiger partial charge < -0.3 is 4.74 Å². The highest BCUT2D eigenvalue weighted by atomic mass is 32.1. The molecule has 4 aromatic rings. The van der Waals surface area contributed by atoms with E-state index >= 15 is 0 Å². The first-order valence-corrected chi connectivity index (χ1v) is 9.30. The molecule has 0 saturated carbocycles. The Morgan fingerprint density at radius 1 is 1.04 bits per heavy atom. The Balaban J connectivity index is 1.66. The second kappa shape index (κ2) is 6.77. The molecule has 0 fully saturated rings. The first-order valence-electron chi connectivity index (χ1n) is 8.49. The lowest BCUT2D eigenvalue weighted by Gasteiger charge is -2.03. The van der Waals surface area contributed by atoms with Crippen LogP contribution in [0, 0.1) is 6.92 Å². The predicted octanol–water partition coefficient (Wildman–Crippen LogP) is 5.21. The summed E-state index contributed by atoms with van der Waals surface area (Å²) in [5.41, 5.74) is 5.19. The Morgan fingerprint density at radius 2 is 1.69 bits per heavy atom. The van der Waals surface area contributed by atoms with E-state index in [0.717, 1.165) is 21.9 Å². The van der Waals surface area contributed by atoms with Crippen LogP contribution >= 0.6 is 11.3 Å². The van der Waals surface area contributed by atoms with E-state index in [2.05, 4.69) is 41.4 Å². The maximum absolute atomic E-state index is 12.0. The number of ether oxygens (including phenoxy) is 1. The molecule has 0 saturated heterocycles. The number of carbonyl (C=O) groups excluding carboxylic acids is 1. The summed E-state index contributed by atoms with van der Waals surface area (Å²) in [4.78, 5) is 18.1. The lowest BCUT2D eigenvalue weighted by atomic mass is 10.0. The van der Waals surface area contributed by atoms with Gasteiger partial charge in [0, 0.05) is 17.5 Å². The second-order valence-corrected chi connectivity index (χ2v) is 6.94. The molecular weight excluding hydrogens is 344 g/mol. The molecule has 0 unspecified atom stereocenters. The quantitative estimate of drug-likeness (QED) is 0.468. The van der Waals surface area contributed by atoms with Crippen molar-refractivity contribution >= 4 is 22.3 Å². The molecule has 130 valence electrons. The van der Waals surface area contributed by atoms with Crippen molar-refractivity contribution in [1.29, 1.82) is 0 Å². The molecule has 4 rings (SSSR count). The number of hydrogen-bond acceptors (Lipinski definition) is 4. The lowest BCUT2D eigenvalue weighted by Crippen LogP contribution is -2.04. The molecule has 26 heavy (non-hydrogen) atoms. The largest absolute Gasteiger partial charge is 0.462 e. The minimum Gasteiger partial charge on any atom is -0.462 e. The molecule has 2 aromatic heterocycles. The number of aryl methyl sites for hydroxylation is 1. The summed E-state index contributed by atoms with van der Waals surface area (Å²) in [6.45, 7) is 4.10. The fourth-order valence-corrected chi connectivity index (χ4v) is 3.94. The van der Waals surface area contributed by atoms with Gasteiger partial charge in [-0.2, -0.15) is 0 Å². The predicted molar refractivity (Wildman–Crippen MR) is 105 cm³/mol. The van der Waals surface area contributed by atoms with Gasteiger partial charge in [-0.05, 0) is 25.0 Å². The molecular formula is C21H18N2O2S. The van der Waals surface area contributed by atoms with Crippen LogP contribution in [-0.4, -0.2) is 22.0 Å². The van der Waals surface area contributed by atoms with Gasteiger partial charge in [0.05, 0.1) is 12.3 Å². The van der Waals surface area contributed by atoms with Crippen molar-refractivity contribution in [3.63, 3.8) is 0 Å². The van der Waals surface area contributed by atoms with Crippen LogP contribution in [0.1, 0.15) is 22.3 Å². The Morgan fingerprint density at radius 3 is 2.35 bits per heavy atom. The van der Waals surface area contributed by atoms with Gasteiger partial charge in [0.1, 0.15) is 4.88 Å². The smallest absolute Gasteiger partial charge is 0.350 e. The second-order valence-electron chi connectivity index (χ2n) is 5.96. The van der Waals surface area contributed by atoms with Crippen molar-refractivity contribution in [3.8, 4) is 22.4 Å². The number of carbonyl (C=O) groups is 1. The third-order valence-corrected chi connectivity index (χ3v) is 5.44. The topological polar surface area (TPSA) is 43.6 Å². The molecule has 0 atom stereocenters. The van der Waals surface area contributed by atoms with Gasteiger partial charge in [0.25, 0.3) is 0 Å². The first kappa shape index (κ1) is 16.5. The number of hydrogen-bond donors (Lipinski definition) is 0. The van der Waals surface area contributed by atoms with E-state index in [9.17, 15) is 4.79 Å². The molecule has 4 nitrogen and oxygen atoms in total. The molecule has 0 aliphatic rings. The normalized spacial score (nSPS) is 11.0. The Hall–Kier alpha value is -2.92. The van der Waals surface area contributed by atoms with Crippen molar-refractivity contribution in [2.45, 2.75) is 13.8 Å². The average Bonchev–Trinajstić information content (AvgIpc) is 3.22. The van der Waals surface area contributed by atoms with Crippen LogP contribution in [0.4, 0.5) is 0 Å². The minimum absolute atomic E-state index is 0.283. The highest BCUT2D eigenvalue weighted by molar-refractivity contribution is 7.19. The van der Waals surface area contributed by atoms with Gasteiger partial charge in [0.15, 0.2) is 4.96 Å². The molecule has 0 bridgehead atoms. The Bertz CT molecular complexity index is 1060. The van der Waals surface area contributed by atoms with Crippen molar-refractivity contribution in [3.05, 3.63) is 71.4 Å². The third kappa shape index (κ3) is 2.91. The van der Waals surface area contributed by atoms with E-state index in [1.165, 1.54) is 22.5 Å². The lowest BCUT2D eigenvalue weighted by molar-refractivity contribution is 0.0531. The van der Waals surface area contributed by atoms with Gasteiger partial charge in [-0.25, -0.2) is 9.78 Å². The van der Waals surface area contributed by atoms with E-state index in [0.29, 0.717) is 11.5 Å². The van der Waals surface area contributed by atoms with Crippen LogP contribution in [0.5, 0.6) is 0 Å². The fourth-order valence-electron chi connectivity index (χ4n) is 2.94. The molecule has 0 radical (unpaired) electrons. The Labute approximate surface area is 155 Å². The van der Waals surface area contributed by atoms with Crippen LogP contribution in [0.3, 0.4) is 0 Å². The fraction of sp³-hybridized carbons (Fsp3) is 0.143. The number of fused-ring (bicyclic) bond motifs is 1. The number of benzene rings is 2. The van der Waals surface area contributed by atoms with Gasteiger partial charge in [-0.15, -0.1) is 0 Å². The third-order valence-electron chi connectivity index (χ3n) is 4.31. The van der Waals surface area contributed by atoms with Crippen molar-refractivity contribution in [2.24, 2.45) is 0 Å². The number of rotatable bonds is 4. The summed E-state index contributed by atoms with van der Waals surface area (Å²) in [5, 5.41) is 0. The molecule has 0 aliphatic heterocycles. The highest BCUT2D eigenvalue weighted by Crippen LogP contribution is 2.29. The molecule has 0 N–H and O–H groups in total. The number of esters is 1. The van der Waals surface area contributed by atoms with Gasteiger partial charge in [-0.3, -0.25) is 4.40 Å². The summed E-state index contributed by atoms with van der Waals surface area (Å²) < 4.78 is 7.06. The van der Waals surface area contributed by atoms with Crippen molar-refractivity contribution < 1.29 is 9.53 Å². The summed E-state index contributed by atoms with van der Waals surface area (Å²) >= 11 is 1.36. The van der Waals surface area contributed by atoms with Gasteiger partial charge in [0.2, 0.25) is 0 Å². The van der Waals surface area contributed by atoms with E-state index in [-0.39, 0.29) is 5.97 Å². The van der Waals surface area contributed by atoms with Gasteiger partial charge >= 0.3 is 5.97 Å². The number of aromatic nitrogens is 2. The average molecular weight is 362 g/mol. The number of nitrogens with zero attached hydrogens (tertiary/aromatic N) is 2. The molecule has 5 heteroatoms. The molecule has 0 spiro atoms. The van der Waals surface area contributed by atoms with Crippen molar-refractivity contribution in [2.75, 3.05) is 6.61 Å². The molecule has 2 heterocycles. The summed E-state index contributed by atoms with van der Waals surface area (Å²) in [7, 11) is 0.